The van der Waals surface area contributed by atoms with Gasteiger partial charge in [-0.15, -0.1) is 0 Å². The molecular formula is C12H12N2. The molecular weight excluding hydrogens is 172 g/mol. The number of aryl methyl sites for hydroxylation is 1. The molecule has 0 saturated heterocycles. The predicted octanol–water partition coefficient (Wildman–Crippen LogP) is 2.58. The monoisotopic (exact) mass is 184 g/mol. The molecule has 0 aromatic heterocycles. The van der Waals surface area contributed by atoms with Crippen molar-refractivity contribution >= 4 is 0 Å². The molecule has 0 amide bonds. The fourth-order valence-corrected chi connectivity index (χ4v) is 1.46. The lowest BCUT2D eigenvalue weighted by molar-refractivity contribution is 0.906. The molecule has 1 rings (SSSR count). The van der Waals surface area contributed by atoms with Crippen molar-refractivity contribution in [3.05, 3.63) is 34.9 Å². The highest BCUT2D eigenvalue weighted by atomic mass is 14.2. The van der Waals surface area contributed by atoms with Gasteiger partial charge in [0, 0.05) is 0 Å². The van der Waals surface area contributed by atoms with Crippen LogP contribution in [-0.4, -0.2) is 0 Å². The molecule has 0 saturated carbocycles. The van der Waals surface area contributed by atoms with Crippen LogP contribution in [0.25, 0.3) is 0 Å². The first-order valence-corrected chi connectivity index (χ1v) is 4.70. The van der Waals surface area contributed by atoms with E-state index in [1.165, 1.54) is 0 Å². The Labute approximate surface area is 84.4 Å². The summed E-state index contributed by atoms with van der Waals surface area (Å²) in [5, 5.41) is 17.4. The van der Waals surface area contributed by atoms with Crippen LogP contribution in [0.1, 0.15) is 30.0 Å². The molecule has 2 heteroatoms. The molecule has 2 nitrogen and oxygen atoms in total. The predicted molar refractivity (Wildman–Crippen MR) is 54.5 cm³/mol. The second-order valence-corrected chi connectivity index (χ2v) is 3.18. The number of nitriles is 2. The van der Waals surface area contributed by atoms with E-state index in [4.69, 9.17) is 10.5 Å². The molecule has 1 aromatic carbocycles. The van der Waals surface area contributed by atoms with Gasteiger partial charge in [0.15, 0.2) is 0 Å². The van der Waals surface area contributed by atoms with Gasteiger partial charge in [0.25, 0.3) is 0 Å². The SMILES string of the molecule is CCCc1cc(C#N)ccc1CC#N. The molecule has 0 radical (unpaired) electrons. The van der Waals surface area contributed by atoms with E-state index in [1.807, 2.05) is 12.1 Å². The highest BCUT2D eigenvalue weighted by molar-refractivity contribution is 5.39. The highest BCUT2D eigenvalue weighted by Gasteiger charge is 2.02. The Balaban J connectivity index is 3.06. The molecule has 14 heavy (non-hydrogen) atoms. The highest BCUT2D eigenvalue weighted by Crippen LogP contribution is 2.14. The smallest absolute Gasteiger partial charge is 0.0991 e. The maximum Gasteiger partial charge on any atom is 0.0991 e. The number of benzene rings is 1. The van der Waals surface area contributed by atoms with Gasteiger partial charge < -0.3 is 0 Å². The summed E-state index contributed by atoms with van der Waals surface area (Å²) >= 11 is 0. The Morgan fingerprint density at radius 2 is 2.00 bits per heavy atom. The van der Waals surface area contributed by atoms with Gasteiger partial charge in [-0.3, -0.25) is 0 Å². The first-order valence-electron chi connectivity index (χ1n) is 4.70. The minimum atomic E-state index is 0.432. The molecule has 0 aliphatic heterocycles. The van der Waals surface area contributed by atoms with Crippen molar-refractivity contribution in [1.29, 1.82) is 10.5 Å². The lowest BCUT2D eigenvalue weighted by Gasteiger charge is -2.05. The summed E-state index contributed by atoms with van der Waals surface area (Å²) in [5.41, 5.74) is 2.86. The van der Waals surface area contributed by atoms with Crippen molar-refractivity contribution in [1.82, 2.24) is 0 Å². The Bertz CT molecular complexity index is 394. The first kappa shape index (κ1) is 10.3. The third-order valence-corrected chi connectivity index (χ3v) is 2.12. The number of nitrogens with zero attached hydrogens (tertiary/aromatic N) is 2. The van der Waals surface area contributed by atoms with Crippen LogP contribution >= 0.6 is 0 Å². The van der Waals surface area contributed by atoms with E-state index in [9.17, 15) is 0 Å². The zero-order valence-electron chi connectivity index (χ0n) is 8.25. The lowest BCUT2D eigenvalue weighted by atomic mass is 9.99. The van der Waals surface area contributed by atoms with E-state index in [0.717, 1.165) is 24.0 Å². The van der Waals surface area contributed by atoms with Gasteiger partial charge in [-0.1, -0.05) is 19.4 Å². The van der Waals surface area contributed by atoms with E-state index in [2.05, 4.69) is 19.1 Å². The van der Waals surface area contributed by atoms with Gasteiger partial charge in [-0.25, -0.2) is 0 Å². The van der Waals surface area contributed by atoms with Crippen molar-refractivity contribution in [2.75, 3.05) is 0 Å². The lowest BCUT2D eigenvalue weighted by Crippen LogP contribution is -1.94. The second-order valence-electron chi connectivity index (χ2n) is 3.18. The summed E-state index contributed by atoms with van der Waals surface area (Å²) < 4.78 is 0. The minimum Gasteiger partial charge on any atom is -0.198 e. The van der Waals surface area contributed by atoms with E-state index < -0.39 is 0 Å². The Hall–Kier alpha value is -1.80. The molecule has 0 aliphatic rings. The third-order valence-electron chi connectivity index (χ3n) is 2.12. The quantitative estimate of drug-likeness (QED) is 0.724. The molecule has 0 aliphatic carbocycles. The summed E-state index contributed by atoms with van der Waals surface area (Å²) in [6, 6.07) is 9.79. The number of hydrogen-bond donors (Lipinski definition) is 0. The zero-order chi connectivity index (χ0) is 10.4. The number of hydrogen-bond acceptors (Lipinski definition) is 2. The van der Waals surface area contributed by atoms with Gasteiger partial charge in [-0.05, 0) is 29.7 Å². The molecule has 0 atom stereocenters. The van der Waals surface area contributed by atoms with Gasteiger partial charge in [0.05, 0.1) is 24.1 Å². The van der Waals surface area contributed by atoms with E-state index >= 15 is 0 Å². The largest absolute Gasteiger partial charge is 0.198 e. The molecule has 1 aromatic rings. The Morgan fingerprint density at radius 3 is 2.57 bits per heavy atom. The van der Waals surface area contributed by atoms with E-state index in [-0.39, 0.29) is 0 Å². The summed E-state index contributed by atoms with van der Waals surface area (Å²) in [5.74, 6) is 0. The average Bonchev–Trinajstić information content (AvgIpc) is 2.21. The van der Waals surface area contributed by atoms with Crippen LogP contribution in [-0.2, 0) is 12.8 Å². The third kappa shape index (κ3) is 2.34. The summed E-state index contributed by atoms with van der Waals surface area (Å²) in [6.07, 6.45) is 2.40. The second kappa shape index (κ2) is 5.04. The molecule has 70 valence electrons. The topological polar surface area (TPSA) is 47.6 Å². The average molecular weight is 184 g/mol. The zero-order valence-corrected chi connectivity index (χ0v) is 8.25. The van der Waals surface area contributed by atoms with Crippen molar-refractivity contribution in [2.45, 2.75) is 26.2 Å². The Morgan fingerprint density at radius 1 is 1.21 bits per heavy atom. The summed E-state index contributed by atoms with van der Waals surface area (Å²) in [7, 11) is 0. The molecule has 0 bridgehead atoms. The fourth-order valence-electron chi connectivity index (χ4n) is 1.46. The molecule has 0 fully saturated rings. The van der Waals surface area contributed by atoms with Crippen molar-refractivity contribution in [3.63, 3.8) is 0 Å². The fraction of sp³-hybridized carbons (Fsp3) is 0.333. The summed E-state index contributed by atoms with van der Waals surface area (Å²) in [6.45, 7) is 2.09. The normalized spacial score (nSPS) is 9.07. The maximum absolute atomic E-state index is 8.74. The molecule has 0 spiro atoms. The molecule has 0 heterocycles. The minimum absolute atomic E-state index is 0.432. The van der Waals surface area contributed by atoms with Crippen LogP contribution in [0.5, 0.6) is 0 Å². The van der Waals surface area contributed by atoms with Crippen LogP contribution in [0.2, 0.25) is 0 Å². The van der Waals surface area contributed by atoms with Gasteiger partial charge in [0.2, 0.25) is 0 Å². The standard InChI is InChI=1S/C12H12N2/c1-2-3-12-8-10(9-14)4-5-11(12)6-7-13/h4-5,8H,2-3,6H2,1H3. The van der Waals surface area contributed by atoms with E-state index in [1.54, 1.807) is 6.07 Å². The van der Waals surface area contributed by atoms with Crippen molar-refractivity contribution < 1.29 is 0 Å². The van der Waals surface area contributed by atoms with Crippen LogP contribution in [0.4, 0.5) is 0 Å². The van der Waals surface area contributed by atoms with Crippen LogP contribution in [0.3, 0.4) is 0 Å². The van der Waals surface area contributed by atoms with Crippen molar-refractivity contribution in [3.8, 4) is 12.1 Å². The van der Waals surface area contributed by atoms with Crippen LogP contribution in [0, 0.1) is 22.7 Å². The van der Waals surface area contributed by atoms with Gasteiger partial charge in [-0.2, -0.15) is 10.5 Å². The maximum atomic E-state index is 8.74. The first-order chi connectivity index (χ1) is 6.81. The van der Waals surface area contributed by atoms with Crippen LogP contribution in [0.15, 0.2) is 18.2 Å². The molecule has 0 unspecified atom stereocenters. The Kier molecular flexibility index (Phi) is 3.70. The summed E-state index contributed by atoms with van der Waals surface area (Å²) in [4.78, 5) is 0. The van der Waals surface area contributed by atoms with Crippen molar-refractivity contribution in [2.24, 2.45) is 0 Å². The number of rotatable bonds is 3. The van der Waals surface area contributed by atoms with Crippen LogP contribution < -0.4 is 0 Å². The van der Waals surface area contributed by atoms with Gasteiger partial charge >= 0.3 is 0 Å². The molecule has 0 N–H and O–H groups in total. The van der Waals surface area contributed by atoms with Gasteiger partial charge in [0.1, 0.15) is 0 Å². The van der Waals surface area contributed by atoms with E-state index in [0.29, 0.717) is 12.0 Å².